The van der Waals surface area contributed by atoms with E-state index < -0.39 is 11.6 Å². The van der Waals surface area contributed by atoms with Crippen molar-refractivity contribution in [2.45, 2.75) is 0 Å². The van der Waals surface area contributed by atoms with Crippen LogP contribution in [0.3, 0.4) is 0 Å². The van der Waals surface area contributed by atoms with Gasteiger partial charge in [-0.25, -0.2) is 8.78 Å². The summed E-state index contributed by atoms with van der Waals surface area (Å²) in [5.74, 6) is -1.17. The first kappa shape index (κ1) is 8.70. The summed E-state index contributed by atoms with van der Waals surface area (Å²) >= 11 is 1.81. The van der Waals surface area contributed by atoms with Gasteiger partial charge in [0.2, 0.25) is 0 Å². The highest BCUT2D eigenvalue weighted by Crippen LogP contribution is 2.24. The Hall–Kier alpha value is -0.390. The van der Waals surface area contributed by atoms with Crippen LogP contribution in [0.25, 0.3) is 0 Å². The zero-order valence-corrected chi connectivity index (χ0v) is 7.85. The number of benzene rings is 1. The summed E-state index contributed by atoms with van der Waals surface area (Å²) in [7, 11) is 1.35. The van der Waals surface area contributed by atoms with Gasteiger partial charge in [-0.15, -0.1) is 0 Å². The Morgan fingerprint density at radius 3 is 2.45 bits per heavy atom. The molecule has 1 nitrogen and oxygen atoms in total. The Morgan fingerprint density at radius 1 is 1.36 bits per heavy atom. The van der Waals surface area contributed by atoms with Crippen molar-refractivity contribution in [1.29, 1.82) is 0 Å². The predicted octanol–water partition coefficient (Wildman–Crippen LogP) is 2.58. The van der Waals surface area contributed by atoms with Crippen molar-refractivity contribution < 1.29 is 13.5 Å². The first-order valence-electron chi connectivity index (χ1n) is 2.83. The third-order valence-electron chi connectivity index (χ3n) is 1.17. The second-order valence-electron chi connectivity index (χ2n) is 1.90. The number of hydrogen-bond donors (Lipinski definition) is 0. The molecule has 1 aromatic carbocycles. The first-order chi connectivity index (χ1) is 5.15. The van der Waals surface area contributed by atoms with Crippen LogP contribution < -0.4 is 4.74 Å². The molecule has 0 amide bonds. The van der Waals surface area contributed by atoms with E-state index in [9.17, 15) is 8.78 Å². The van der Waals surface area contributed by atoms with Crippen molar-refractivity contribution in [1.82, 2.24) is 0 Å². The fraction of sp³-hybridized carbons (Fsp3) is 0.143. The summed E-state index contributed by atoms with van der Waals surface area (Å²) in [4.78, 5) is 0. The predicted molar refractivity (Wildman–Crippen MR) is 45.6 cm³/mol. The van der Waals surface area contributed by atoms with Gasteiger partial charge in [0.1, 0.15) is 5.82 Å². The van der Waals surface area contributed by atoms with Gasteiger partial charge in [-0.1, -0.05) is 0 Å². The lowest BCUT2D eigenvalue weighted by molar-refractivity contribution is 0.381. The minimum Gasteiger partial charge on any atom is -0.493 e. The molecule has 0 aliphatic carbocycles. The first-order valence-corrected chi connectivity index (χ1v) is 3.91. The van der Waals surface area contributed by atoms with Crippen LogP contribution in [-0.4, -0.2) is 7.11 Å². The fourth-order valence-electron chi connectivity index (χ4n) is 0.724. The molecule has 0 saturated heterocycles. The quantitative estimate of drug-likeness (QED) is 0.713. The molecule has 1 rings (SSSR count). The molecular formula is C7H5F2IO. The van der Waals surface area contributed by atoms with E-state index in [0.29, 0.717) is 3.57 Å². The van der Waals surface area contributed by atoms with E-state index in [1.54, 1.807) is 22.6 Å². The molecule has 0 atom stereocenters. The zero-order valence-electron chi connectivity index (χ0n) is 5.70. The lowest BCUT2D eigenvalue weighted by Crippen LogP contribution is -1.92. The largest absolute Gasteiger partial charge is 0.493 e. The summed E-state index contributed by atoms with van der Waals surface area (Å²) in [6.07, 6.45) is 0. The van der Waals surface area contributed by atoms with E-state index in [1.807, 2.05) is 0 Å². The van der Waals surface area contributed by atoms with E-state index >= 15 is 0 Å². The van der Waals surface area contributed by atoms with Gasteiger partial charge in [0, 0.05) is 6.07 Å². The third kappa shape index (κ3) is 1.79. The summed E-state index contributed by atoms with van der Waals surface area (Å²) in [5.41, 5.74) is 0. The molecule has 0 unspecified atom stereocenters. The number of methoxy groups -OCH3 is 1. The van der Waals surface area contributed by atoms with Crippen molar-refractivity contribution >= 4 is 22.6 Å². The molecule has 0 aromatic heterocycles. The molecule has 1 aromatic rings. The van der Waals surface area contributed by atoms with Gasteiger partial charge in [0.15, 0.2) is 11.6 Å². The SMILES string of the molecule is COc1c(F)cc(F)cc1I. The van der Waals surface area contributed by atoms with E-state index in [-0.39, 0.29) is 5.75 Å². The van der Waals surface area contributed by atoms with Crippen LogP contribution in [0.1, 0.15) is 0 Å². The maximum Gasteiger partial charge on any atom is 0.169 e. The van der Waals surface area contributed by atoms with Crippen LogP contribution in [0.5, 0.6) is 5.75 Å². The minimum absolute atomic E-state index is 0.0898. The van der Waals surface area contributed by atoms with Crippen molar-refractivity contribution in [3.63, 3.8) is 0 Å². The molecular weight excluding hydrogens is 265 g/mol. The highest BCUT2D eigenvalue weighted by molar-refractivity contribution is 14.1. The standard InChI is InChI=1S/C7H5F2IO/c1-11-7-5(9)2-4(8)3-6(7)10/h2-3H,1H3. The molecule has 0 fully saturated rings. The van der Waals surface area contributed by atoms with Gasteiger partial charge in [0.05, 0.1) is 10.7 Å². The smallest absolute Gasteiger partial charge is 0.169 e. The summed E-state index contributed by atoms with van der Waals surface area (Å²) in [6.45, 7) is 0. The molecule has 4 heteroatoms. The second kappa shape index (κ2) is 3.34. The lowest BCUT2D eigenvalue weighted by atomic mass is 10.3. The second-order valence-corrected chi connectivity index (χ2v) is 3.06. The number of rotatable bonds is 1. The van der Waals surface area contributed by atoms with Gasteiger partial charge >= 0.3 is 0 Å². The molecule has 0 bridgehead atoms. The number of halogens is 3. The monoisotopic (exact) mass is 270 g/mol. The van der Waals surface area contributed by atoms with Crippen LogP contribution >= 0.6 is 22.6 Å². The molecule has 0 radical (unpaired) electrons. The molecule has 0 aliphatic heterocycles. The van der Waals surface area contributed by atoms with Crippen LogP contribution in [0.4, 0.5) is 8.78 Å². The van der Waals surface area contributed by atoms with Gasteiger partial charge in [0.25, 0.3) is 0 Å². The Kier molecular flexibility index (Phi) is 2.64. The van der Waals surface area contributed by atoms with E-state index in [0.717, 1.165) is 6.07 Å². The average Bonchev–Trinajstić information content (AvgIpc) is 1.85. The van der Waals surface area contributed by atoms with Crippen LogP contribution in [0.2, 0.25) is 0 Å². The van der Waals surface area contributed by atoms with E-state index in [2.05, 4.69) is 4.74 Å². The Morgan fingerprint density at radius 2 is 2.00 bits per heavy atom. The molecule has 0 spiro atoms. The zero-order chi connectivity index (χ0) is 8.43. The topological polar surface area (TPSA) is 9.23 Å². The molecule has 0 heterocycles. The molecule has 11 heavy (non-hydrogen) atoms. The molecule has 0 saturated carbocycles. The van der Waals surface area contributed by atoms with Crippen LogP contribution in [0, 0.1) is 15.2 Å². The van der Waals surface area contributed by atoms with Crippen molar-refractivity contribution in [3.8, 4) is 5.75 Å². The highest BCUT2D eigenvalue weighted by atomic mass is 127. The van der Waals surface area contributed by atoms with Crippen molar-refractivity contribution in [2.24, 2.45) is 0 Å². The Bertz CT molecular complexity index is 252. The van der Waals surface area contributed by atoms with Crippen LogP contribution in [-0.2, 0) is 0 Å². The maximum atomic E-state index is 12.7. The third-order valence-corrected chi connectivity index (χ3v) is 1.97. The Labute approximate surface area is 76.5 Å². The molecule has 0 aliphatic rings. The number of hydrogen-bond acceptors (Lipinski definition) is 1. The van der Waals surface area contributed by atoms with Gasteiger partial charge in [-0.3, -0.25) is 0 Å². The summed E-state index contributed by atoms with van der Waals surface area (Å²) < 4.78 is 30.3. The van der Waals surface area contributed by atoms with E-state index in [1.165, 1.54) is 13.2 Å². The average molecular weight is 270 g/mol. The van der Waals surface area contributed by atoms with Gasteiger partial charge in [-0.05, 0) is 28.7 Å². The van der Waals surface area contributed by atoms with Crippen molar-refractivity contribution in [2.75, 3.05) is 7.11 Å². The number of ether oxygens (including phenoxy) is 1. The van der Waals surface area contributed by atoms with Gasteiger partial charge in [-0.2, -0.15) is 0 Å². The molecule has 60 valence electrons. The molecule has 0 N–H and O–H groups in total. The lowest BCUT2D eigenvalue weighted by Gasteiger charge is -2.03. The van der Waals surface area contributed by atoms with Gasteiger partial charge < -0.3 is 4.74 Å². The summed E-state index contributed by atoms with van der Waals surface area (Å²) in [5, 5.41) is 0. The summed E-state index contributed by atoms with van der Waals surface area (Å²) in [6, 6.07) is 2.00. The highest BCUT2D eigenvalue weighted by Gasteiger charge is 2.08. The van der Waals surface area contributed by atoms with E-state index in [4.69, 9.17) is 0 Å². The van der Waals surface area contributed by atoms with Crippen LogP contribution in [0.15, 0.2) is 12.1 Å². The minimum atomic E-state index is -0.670. The Balaban J connectivity index is 3.25. The fourth-order valence-corrected chi connectivity index (χ4v) is 1.50. The normalized spacial score (nSPS) is 9.82. The van der Waals surface area contributed by atoms with Crippen molar-refractivity contribution in [3.05, 3.63) is 27.3 Å². The maximum absolute atomic E-state index is 12.7.